The second-order valence-electron chi connectivity index (χ2n) is 16.2. The van der Waals surface area contributed by atoms with Gasteiger partial charge in [-0.1, -0.05) is 56.2 Å². The highest BCUT2D eigenvalue weighted by Crippen LogP contribution is 2.40. The van der Waals surface area contributed by atoms with Crippen LogP contribution in [0.1, 0.15) is 78.3 Å². The van der Waals surface area contributed by atoms with Gasteiger partial charge in [0, 0.05) is 43.2 Å². The van der Waals surface area contributed by atoms with Gasteiger partial charge in [0.15, 0.2) is 0 Å². The summed E-state index contributed by atoms with van der Waals surface area (Å²) in [5, 5.41) is 19.9. The number of aryl methyl sites for hydroxylation is 2. The summed E-state index contributed by atoms with van der Waals surface area (Å²) < 4.78 is 12.2. The summed E-state index contributed by atoms with van der Waals surface area (Å²) in [4.78, 5) is 76.2. The number of benzene rings is 3. The number of aromatic nitrogens is 1. The van der Waals surface area contributed by atoms with E-state index in [0.29, 0.717) is 45.1 Å². The third kappa shape index (κ3) is 12.9. The van der Waals surface area contributed by atoms with Crippen molar-refractivity contribution in [1.82, 2.24) is 31.2 Å². The van der Waals surface area contributed by atoms with Gasteiger partial charge >= 0.3 is 0 Å². The third-order valence-corrected chi connectivity index (χ3v) is 11.3. The van der Waals surface area contributed by atoms with E-state index >= 15 is 0 Å². The van der Waals surface area contributed by atoms with E-state index in [0.717, 1.165) is 24.8 Å². The van der Waals surface area contributed by atoms with Gasteiger partial charge in [-0.2, -0.15) is 5.26 Å². The number of nitrogens with one attached hydrogen (secondary N) is 4. The number of hydrogen-bond donors (Lipinski definition) is 7. The van der Waals surface area contributed by atoms with E-state index in [-0.39, 0.29) is 57.8 Å². The molecule has 5 rings (SSSR count). The molecule has 1 aliphatic rings. The molecule has 0 saturated heterocycles. The van der Waals surface area contributed by atoms with E-state index in [4.69, 9.17) is 36.9 Å². The second kappa shape index (κ2) is 24.4. The quantitative estimate of drug-likeness (QED) is 0.0529. The molecule has 350 valence electrons. The Kier molecular flexibility index (Phi) is 18.6. The molecule has 4 atom stereocenters. The van der Waals surface area contributed by atoms with Gasteiger partial charge in [0.2, 0.25) is 23.6 Å². The van der Waals surface area contributed by atoms with Crippen molar-refractivity contribution in [2.45, 2.75) is 83.5 Å². The highest BCUT2D eigenvalue weighted by atomic mass is 16.5. The number of nitriles is 1. The standard InChI is InChI=1S/C49H62N10O7/c1-5-6-7-8-32-9-12-34(13-10-32)39-16-15-36(30(2)55-39)46(61)57-40(19-20-50)49(64)59(4)44-35-14-18-43(66-26-23-53)38(29-35)37-27-33(11-17-42(37)65-25-22-52)28-41(47(62)54-24-21-51)58-45(60)31(3)56-48(44)63/h9-18,27,29,31,40-41,44H,5-8,19-20,22-26,28,50,52-53H2,1-4H3,(H,54,62)(H,56,63)(H,57,61)(H,58,60)/t31-,40-,41-,44-/m0/s1. The molecule has 5 amide bonds. The van der Waals surface area contributed by atoms with Crippen molar-refractivity contribution in [3.05, 3.63) is 101 Å². The van der Waals surface area contributed by atoms with Crippen LogP contribution < -0.4 is 47.9 Å². The van der Waals surface area contributed by atoms with E-state index in [1.54, 1.807) is 55.5 Å². The minimum Gasteiger partial charge on any atom is -0.492 e. The highest BCUT2D eigenvalue weighted by Gasteiger charge is 2.36. The summed E-state index contributed by atoms with van der Waals surface area (Å²) in [6, 6.07) is 18.8. The van der Waals surface area contributed by atoms with E-state index in [2.05, 4.69) is 40.3 Å². The average molecular weight is 903 g/mol. The van der Waals surface area contributed by atoms with Gasteiger partial charge in [0.1, 0.15) is 55.4 Å². The lowest BCUT2D eigenvalue weighted by atomic mass is 9.93. The number of carbonyl (C=O) groups excluding carboxylic acids is 5. The first kappa shape index (κ1) is 50.1. The van der Waals surface area contributed by atoms with E-state index in [1.165, 1.54) is 30.9 Å². The van der Waals surface area contributed by atoms with Gasteiger partial charge in [-0.3, -0.25) is 29.0 Å². The Balaban J connectivity index is 1.53. The number of ether oxygens (including phenoxy) is 2. The summed E-state index contributed by atoms with van der Waals surface area (Å²) >= 11 is 0. The number of rotatable bonds is 19. The number of nitrogens with two attached hydrogens (primary N) is 3. The van der Waals surface area contributed by atoms with Gasteiger partial charge in [-0.25, -0.2) is 0 Å². The first-order valence-electron chi connectivity index (χ1n) is 22.4. The Morgan fingerprint density at radius 1 is 0.894 bits per heavy atom. The maximum absolute atomic E-state index is 14.7. The molecular formula is C49H62N10O7. The van der Waals surface area contributed by atoms with Crippen molar-refractivity contribution in [3.63, 3.8) is 0 Å². The van der Waals surface area contributed by atoms with Crippen molar-refractivity contribution in [2.24, 2.45) is 17.2 Å². The van der Waals surface area contributed by atoms with Crippen molar-refractivity contribution in [1.29, 1.82) is 5.26 Å². The van der Waals surface area contributed by atoms with Crippen LogP contribution in [0.4, 0.5) is 0 Å². The number of hydrogen-bond acceptors (Lipinski definition) is 12. The number of unbranched alkanes of at least 4 members (excludes halogenated alkanes) is 2. The number of likely N-dealkylation sites (N-methyl/N-ethyl adjacent to an activating group) is 1. The first-order chi connectivity index (χ1) is 31.8. The van der Waals surface area contributed by atoms with Gasteiger partial charge in [-0.05, 0) is 92.7 Å². The molecule has 0 unspecified atom stereocenters. The lowest BCUT2D eigenvalue weighted by Crippen LogP contribution is -2.56. The fourth-order valence-corrected chi connectivity index (χ4v) is 7.75. The topological polar surface area (TPSA) is 270 Å². The monoisotopic (exact) mass is 902 g/mol. The largest absolute Gasteiger partial charge is 0.492 e. The number of pyridine rings is 1. The molecule has 17 nitrogen and oxygen atoms in total. The predicted octanol–water partition coefficient (Wildman–Crippen LogP) is 2.96. The fourth-order valence-electron chi connectivity index (χ4n) is 7.75. The Hall–Kier alpha value is -6.87. The molecule has 0 radical (unpaired) electrons. The Morgan fingerprint density at radius 2 is 1.58 bits per heavy atom. The van der Waals surface area contributed by atoms with E-state index in [1.807, 2.05) is 18.2 Å². The summed E-state index contributed by atoms with van der Waals surface area (Å²) in [7, 11) is 1.43. The molecule has 1 aromatic heterocycles. The minimum atomic E-state index is -1.39. The highest BCUT2D eigenvalue weighted by molar-refractivity contribution is 6.00. The predicted molar refractivity (Wildman–Crippen MR) is 251 cm³/mol. The van der Waals surface area contributed by atoms with Gasteiger partial charge < -0.3 is 52.8 Å². The normalized spacial score (nSPS) is 16.4. The summed E-state index contributed by atoms with van der Waals surface area (Å²) in [6.45, 7) is 5.76. The van der Waals surface area contributed by atoms with Crippen LogP contribution in [0.2, 0.25) is 0 Å². The Morgan fingerprint density at radius 3 is 2.21 bits per heavy atom. The van der Waals surface area contributed by atoms with Crippen LogP contribution in [0.25, 0.3) is 22.4 Å². The van der Waals surface area contributed by atoms with Gasteiger partial charge in [0.25, 0.3) is 5.91 Å². The molecule has 0 spiro atoms. The van der Waals surface area contributed by atoms with Crippen LogP contribution in [-0.2, 0) is 32.0 Å². The number of amides is 5. The number of nitrogens with zero attached hydrogens (tertiary/aromatic N) is 3. The molecular weight excluding hydrogens is 841 g/mol. The first-order valence-corrected chi connectivity index (χ1v) is 22.4. The summed E-state index contributed by atoms with van der Waals surface area (Å²) in [5.41, 5.74) is 23.2. The molecule has 0 saturated carbocycles. The minimum absolute atomic E-state index is 0.00735. The molecule has 2 heterocycles. The Labute approximate surface area is 386 Å². The number of fused-ring (bicyclic) bond motifs is 5. The molecule has 10 N–H and O–H groups in total. The molecule has 66 heavy (non-hydrogen) atoms. The smallest absolute Gasteiger partial charge is 0.253 e. The molecule has 4 aromatic rings. The van der Waals surface area contributed by atoms with Crippen LogP contribution in [0.15, 0.2) is 72.8 Å². The molecule has 0 aliphatic carbocycles. The zero-order valence-electron chi connectivity index (χ0n) is 38.2. The lowest BCUT2D eigenvalue weighted by molar-refractivity contribution is -0.141. The van der Waals surface area contributed by atoms with Crippen LogP contribution in [-0.4, -0.2) is 104 Å². The average Bonchev–Trinajstić information content (AvgIpc) is 3.31. The van der Waals surface area contributed by atoms with Crippen LogP contribution in [0.5, 0.6) is 11.5 Å². The van der Waals surface area contributed by atoms with Crippen molar-refractivity contribution in [3.8, 4) is 40.0 Å². The lowest BCUT2D eigenvalue weighted by Gasteiger charge is -2.32. The molecule has 4 bridgehead atoms. The maximum atomic E-state index is 14.7. The molecule has 0 fully saturated rings. The third-order valence-electron chi connectivity index (χ3n) is 11.3. The zero-order valence-corrected chi connectivity index (χ0v) is 38.2. The van der Waals surface area contributed by atoms with E-state index in [9.17, 15) is 24.0 Å². The zero-order chi connectivity index (χ0) is 47.8. The summed E-state index contributed by atoms with van der Waals surface area (Å²) in [6.07, 6.45) is 4.49. The van der Waals surface area contributed by atoms with E-state index < -0.39 is 53.7 Å². The maximum Gasteiger partial charge on any atom is 0.253 e. The summed E-state index contributed by atoms with van der Waals surface area (Å²) in [5.74, 6) is -2.46. The van der Waals surface area contributed by atoms with Gasteiger partial charge in [-0.15, -0.1) is 0 Å². The molecule has 3 aromatic carbocycles. The molecule has 1 aliphatic heterocycles. The van der Waals surface area contributed by atoms with Crippen LogP contribution >= 0.6 is 0 Å². The van der Waals surface area contributed by atoms with Crippen LogP contribution in [0.3, 0.4) is 0 Å². The number of carbonyl (C=O) groups is 5. The second-order valence-corrected chi connectivity index (χ2v) is 16.2. The SMILES string of the molecule is CCCCCc1ccc(-c2ccc(C(=O)N[C@@H](CCN)C(=O)N(C)[C@@H]3C(=O)N[C@@H](C)C(=O)N[C@H](C(=O)NCC#N)Cc4ccc(OCCN)c(c4)-c4cc3ccc4OCCN)c(C)n2)cc1. The van der Waals surface area contributed by atoms with Crippen molar-refractivity contribution >= 4 is 29.5 Å². The van der Waals surface area contributed by atoms with Crippen LogP contribution in [0, 0.1) is 18.3 Å². The van der Waals surface area contributed by atoms with Crippen molar-refractivity contribution < 1.29 is 33.4 Å². The van der Waals surface area contributed by atoms with Crippen molar-refractivity contribution in [2.75, 3.05) is 46.4 Å². The fraction of sp³-hybridized carbons (Fsp3) is 0.408. The Bertz CT molecular complexity index is 2390. The van der Waals surface area contributed by atoms with Gasteiger partial charge in [0.05, 0.1) is 23.0 Å². The molecule has 17 heteroatoms.